The maximum Gasteiger partial charge on any atom is 0.340 e. The number of piperidine rings is 1. The molecular weight excluding hydrogens is 452 g/mol. The molecule has 6 heteroatoms. The molecular formula is C30H36N2O4. The molecule has 3 aromatic rings. The molecule has 0 atom stereocenters. The summed E-state index contributed by atoms with van der Waals surface area (Å²) in [6.07, 6.45) is 3.28. The Morgan fingerprint density at radius 1 is 1.17 bits per heavy atom. The van der Waals surface area contributed by atoms with Gasteiger partial charge in [-0.3, -0.25) is 9.69 Å². The van der Waals surface area contributed by atoms with Crippen LogP contribution in [0.4, 0.5) is 0 Å². The normalized spacial score (nSPS) is 14.6. The molecule has 2 aromatic carbocycles. The fraction of sp³-hybridized carbons (Fsp3) is 0.400. The third-order valence-electron chi connectivity index (χ3n) is 6.91. The molecule has 190 valence electrons. The summed E-state index contributed by atoms with van der Waals surface area (Å²) in [5, 5.41) is 3.81. The molecule has 6 nitrogen and oxygen atoms in total. The van der Waals surface area contributed by atoms with Crippen LogP contribution in [0, 0.1) is 12.8 Å². The van der Waals surface area contributed by atoms with E-state index >= 15 is 0 Å². The van der Waals surface area contributed by atoms with Gasteiger partial charge in [0.1, 0.15) is 17.9 Å². The molecule has 36 heavy (non-hydrogen) atoms. The fourth-order valence-electron chi connectivity index (χ4n) is 4.79. The molecule has 1 aliphatic rings. The number of likely N-dealkylation sites (tertiary alicyclic amines) is 1. The van der Waals surface area contributed by atoms with Crippen LogP contribution in [-0.4, -0.2) is 37.0 Å². The predicted molar refractivity (Wildman–Crippen MR) is 143 cm³/mol. The van der Waals surface area contributed by atoms with E-state index in [4.69, 9.17) is 9.15 Å². The first-order valence-electron chi connectivity index (χ1n) is 12.8. The van der Waals surface area contributed by atoms with Crippen molar-refractivity contribution < 1.29 is 13.9 Å². The minimum Gasteiger partial charge on any atom is -0.489 e. The first-order chi connectivity index (χ1) is 17.4. The fourth-order valence-corrected chi connectivity index (χ4v) is 4.79. The van der Waals surface area contributed by atoms with Crippen molar-refractivity contribution >= 4 is 16.9 Å². The molecule has 1 saturated heterocycles. The van der Waals surface area contributed by atoms with Crippen LogP contribution in [-0.2, 0) is 17.8 Å². The Labute approximate surface area is 212 Å². The van der Waals surface area contributed by atoms with Crippen molar-refractivity contribution in [3.8, 4) is 5.75 Å². The van der Waals surface area contributed by atoms with Gasteiger partial charge in [-0.2, -0.15) is 0 Å². The number of nitrogens with one attached hydrogen (secondary N) is 1. The predicted octanol–water partition coefficient (Wildman–Crippen LogP) is 5.02. The van der Waals surface area contributed by atoms with Crippen LogP contribution in [0.15, 0.2) is 69.9 Å². The van der Waals surface area contributed by atoms with Crippen LogP contribution < -0.4 is 15.7 Å². The monoisotopic (exact) mass is 488 g/mol. The molecule has 0 spiro atoms. The number of carbonyl (C=O) groups is 1. The molecule has 0 saturated carbocycles. The van der Waals surface area contributed by atoms with E-state index in [9.17, 15) is 9.59 Å². The van der Waals surface area contributed by atoms with Crippen LogP contribution >= 0.6 is 0 Å². The molecule has 0 bridgehead atoms. The smallest absolute Gasteiger partial charge is 0.340 e. The molecule has 1 amide bonds. The van der Waals surface area contributed by atoms with Crippen molar-refractivity contribution in [2.75, 3.05) is 26.2 Å². The number of hydrogen-bond donors (Lipinski definition) is 1. The number of carbonyl (C=O) groups excluding carboxylic acids is 1. The number of nitrogens with zero attached hydrogens (tertiary/aromatic N) is 1. The van der Waals surface area contributed by atoms with Gasteiger partial charge >= 0.3 is 5.63 Å². The van der Waals surface area contributed by atoms with E-state index in [0.29, 0.717) is 36.0 Å². The lowest BCUT2D eigenvalue weighted by Gasteiger charge is -2.32. The molecule has 1 aliphatic heterocycles. The maximum absolute atomic E-state index is 12.6. The van der Waals surface area contributed by atoms with Crippen molar-refractivity contribution in [1.29, 1.82) is 0 Å². The SMILES string of the molecule is C=C(C)COc1ccc2c(C)c(CC(=O)NCCC3CCN(Cc4ccccc4)CC3)c(=O)oc2c1. The number of benzene rings is 2. The van der Waals surface area contributed by atoms with Gasteiger partial charge in [-0.25, -0.2) is 4.79 Å². The second kappa shape index (κ2) is 12.0. The summed E-state index contributed by atoms with van der Waals surface area (Å²) in [5.74, 6) is 1.09. The van der Waals surface area contributed by atoms with Crippen molar-refractivity contribution in [3.63, 3.8) is 0 Å². The number of amides is 1. The van der Waals surface area contributed by atoms with Gasteiger partial charge in [0.05, 0.1) is 12.0 Å². The number of fused-ring (bicyclic) bond motifs is 1. The third kappa shape index (κ3) is 6.85. The summed E-state index contributed by atoms with van der Waals surface area (Å²) in [6, 6.07) is 16.0. The van der Waals surface area contributed by atoms with E-state index in [1.165, 1.54) is 5.56 Å². The Morgan fingerprint density at radius 3 is 2.64 bits per heavy atom. The largest absolute Gasteiger partial charge is 0.489 e. The zero-order valence-electron chi connectivity index (χ0n) is 21.3. The highest BCUT2D eigenvalue weighted by Crippen LogP contribution is 2.25. The Balaban J connectivity index is 1.25. The first kappa shape index (κ1) is 25.7. The highest BCUT2D eigenvalue weighted by Gasteiger charge is 2.20. The van der Waals surface area contributed by atoms with E-state index in [-0.39, 0.29) is 12.3 Å². The minimum absolute atomic E-state index is 0.0214. The van der Waals surface area contributed by atoms with E-state index in [0.717, 1.165) is 55.4 Å². The maximum atomic E-state index is 12.6. The molecule has 0 radical (unpaired) electrons. The van der Waals surface area contributed by atoms with E-state index < -0.39 is 5.63 Å². The number of rotatable bonds is 10. The standard InChI is InChI=1S/C30H36N2O4/c1-21(2)20-35-25-9-10-26-22(3)27(30(34)36-28(26)17-25)18-29(33)31-14-11-23-12-15-32(16-13-23)19-24-7-5-4-6-8-24/h4-10,17,23H,1,11-16,18-20H2,2-3H3,(H,31,33). The Kier molecular flexibility index (Phi) is 8.60. The van der Waals surface area contributed by atoms with Crippen LogP contribution in [0.3, 0.4) is 0 Å². The van der Waals surface area contributed by atoms with Crippen molar-refractivity contribution in [2.24, 2.45) is 5.92 Å². The van der Waals surface area contributed by atoms with Gasteiger partial charge in [0, 0.05) is 24.5 Å². The van der Waals surface area contributed by atoms with E-state index in [2.05, 4.69) is 47.1 Å². The number of ether oxygens (including phenoxy) is 1. The zero-order chi connectivity index (χ0) is 25.5. The molecule has 1 aromatic heterocycles. The van der Waals surface area contributed by atoms with E-state index in [1.54, 1.807) is 6.07 Å². The van der Waals surface area contributed by atoms with E-state index in [1.807, 2.05) is 26.0 Å². The van der Waals surface area contributed by atoms with Crippen LogP contribution in [0.1, 0.15) is 42.9 Å². The highest BCUT2D eigenvalue weighted by molar-refractivity contribution is 5.85. The summed E-state index contributed by atoms with van der Waals surface area (Å²) < 4.78 is 11.2. The molecule has 4 rings (SSSR count). The van der Waals surface area contributed by atoms with Crippen LogP contribution in [0.5, 0.6) is 5.75 Å². The average Bonchev–Trinajstić information content (AvgIpc) is 2.87. The van der Waals surface area contributed by atoms with Gasteiger partial charge in [-0.1, -0.05) is 36.9 Å². The minimum atomic E-state index is -0.474. The van der Waals surface area contributed by atoms with Crippen molar-refractivity contribution in [1.82, 2.24) is 10.2 Å². The lowest BCUT2D eigenvalue weighted by Crippen LogP contribution is -2.35. The molecule has 0 aliphatic carbocycles. The summed E-state index contributed by atoms with van der Waals surface area (Å²) in [6.45, 7) is 11.8. The Morgan fingerprint density at radius 2 is 1.92 bits per heavy atom. The van der Waals surface area contributed by atoms with Crippen molar-refractivity contribution in [3.05, 3.63) is 87.8 Å². The molecule has 1 fully saturated rings. The Bertz CT molecular complexity index is 1260. The lowest BCUT2D eigenvalue weighted by atomic mass is 9.93. The summed E-state index contributed by atoms with van der Waals surface area (Å²) in [4.78, 5) is 27.8. The first-order valence-corrected chi connectivity index (χ1v) is 12.8. The van der Waals surface area contributed by atoms with Gasteiger partial charge in [0.25, 0.3) is 0 Å². The second-order valence-corrected chi connectivity index (χ2v) is 9.92. The number of hydrogen-bond acceptors (Lipinski definition) is 5. The Hall–Kier alpha value is -3.38. The molecule has 2 heterocycles. The van der Waals surface area contributed by atoms with Gasteiger partial charge < -0.3 is 14.5 Å². The van der Waals surface area contributed by atoms with Gasteiger partial charge in [0.2, 0.25) is 5.91 Å². The van der Waals surface area contributed by atoms with Gasteiger partial charge in [-0.05, 0) is 81.0 Å². The molecule has 1 N–H and O–H groups in total. The summed E-state index contributed by atoms with van der Waals surface area (Å²) in [7, 11) is 0. The topological polar surface area (TPSA) is 71.8 Å². The summed E-state index contributed by atoms with van der Waals surface area (Å²) >= 11 is 0. The molecule has 0 unspecified atom stereocenters. The second-order valence-electron chi connectivity index (χ2n) is 9.92. The lowest BCUT2D eigenvalue weighted by molar-refractivity contribution is -0.120. The van der Waals surface area contributed by atoms with Gasteiger partial charge in [-0.15, -0.1) is 0 Å². The highest BCUT2D eigenvalue weighted by atomic mass is 16.5. The van der Waals surface area contributed by atoms with Crippen molar-refractivity contribution in [2.45, 2.75) is 46.1 Å². The summed E-state index contributed by atoms with van der Waals surface area (Å²) in [5.41, 5.74) is 3.42. The zero-order valence-corrected chi connectivity index (χ0v) is 21.3. The quantitative estimate of drug-likeness (QED) is 0.321. The number of aryl methyl sites for hydroxylation is 1. The van der Waals surface area contributed by atoms with Crippen LogP contribution in [0.25, 0.3) is 11.0 Å². The van der Waals surface area contributed by atoms with Gasteiger partial charge in [0.15, 0.2) is 0 Å². The average molecular weight is 489 g/mol. The third-order valence-corrected chi connectivity index (χ3v) is 6.91. The van der Waals surface area contributed by atoms with Crippen LogP contribution in [0.2, 0.25) is 0 Å².